The second kappa shape index (κ2) is 10.6. The van der Waals surface area contributed by atoms with E-state index in [1.807, 2.05) is 0 Å². The van der Waals surface area contributed by atoms with E-state index in [2.05, 4.69) is 19.8 Å². The van der Waals surface area contributed by atoms with E-state index >= 15 is 4.39 Å². The van der Waals surface area contributed by atoms with Gasteiger partial charge >= 0.3 is 12.5 Å². The molecule has 3 aromatic rings. The van der Waals surface area contributed by atoms with Crippen LogP contribution in [0.1, 0.15) is 32.0 Å². The Bertz CT molecular complexity index is 1440. The first-order valence-corrected chi connectivity index (χ1v) is 10.3. The first-order valence-electron chi connectivity index (χ1n) is 10.3. The van der Waals surface area contributed by atoms with Crippen LogP contribution in [0, 0.1) is 18.6 Å². The van der Waals surface area contributed by atoms with Gasteiger partial charge < -0.3 is 25.3 Å². The highest BCUT2D eigenvalue weighted by Gasteiger charge is 2.38. The van der Waals surface area contributed by atoms with Crippen LogP contribution in [0.3, 0.4) is 0 Å². The van der Waals surface area contributed by atoms with Gasteiger partial charge in [0.1, 0.15) is 17.0 Å². The number of primary amides is 1. The lowest BCUT2D eigenvalue weighted by Crippen LogP contribution is -2.20. The van der Waals surface area contributed by atoms with Gasteiger partial charge in [0.25, 0.3) is 11.8 Å². The van der Waals surface area contributed by atoms with Crippen LogP contribution in [0.4, 0.5) is 40.8 Å². The molecule has 0 radical (unpaired) electrons. The van der Waals surface area contributed by atoms with Gasteiger partial charge in [-0.1, -0.05) is 0 Å². The SMILES string of the molecule is COc1c(Oc2ccc(C(F)(F)F)c(F)c2C(=O)Nc2cc(C(N)=O)ncc2C)ccc(OC(F)(F)F)c1F. The average Bonchev–Trinajstić information content (AvgIpc) is 2.80. The van der Waals surface area contributed by atoms with E-state index in [9.17, 15) is 40.3 Å². The van der Waals surface area contributed by atoms with Crippen molar-refractivity contribution in [3.63, 3.8) is 0 Å². The number of aryl methyl sites for hydroxylation is 1. The highest BCUT2D eigenvalue weighted by molar-refractivity contribution is 6.07. The maximum Gasteiger partial charge on any atom is 0.573 e. The number of carbonyl (C=O) groups excluding carboxylic acids is 2. The normalized spacial score (nSPS) is 11.6. The molecule has 2 aromatic carbocycles. The van der Waals surface area contributed by atoms with Gasteiger partial charge in [0.2, 0.25) is 11.6 Å². The van der Waals surface area contributed by atoms with Gasteiger partial charge in [-0.05, 0) is 42.8 Å². The van der Waals surface area contributed by atoms with Crippen LogP contribution in [-0.4, -0.2) is 30.3 Å². The molecule has 2 amide bonds. The summed E-state index contributed by atoms with van der Waals surface area (Å²) in [6, 6.07) is 2.90. The number of pyridine rings is 1. The van der Waals surface area contributed by atoms with E-state index in [4.69, 9.17) is 10.5 Å². The number of benzene rings is 2. The van der Waals surface area contributed by atoms with Crippen molar-refractivity contribution in [1.29, 1.82) is 0 Å². The minimum Gasteiger partial charge on any atom is -0.490 e. The van der Waals surface area contributed by atoms with Crippen LogP contribution >= 0.6 is 0 Å². The molecule has 0 saturated heterocycles. The highest BCUT2D eigenvalue weighted by Crippen LogP contribution is 2.42. The number of hydrogen-bond donors (Lipinski definition) is 2. The number of rotatable bonds is 7. The molecule has 0 atom stereocenters. The second-order valence-corrected chi connectivity index (χ2v) is 7.56. The Balaban J connectivity index is 2.12. The predicted octanol–water partition coefficient (Wildman–Crippen LogP) is 5.74. The molecule has 8 nitrogen and oxygen atoms in total. The predicted molar refractivity (Wildman–Crippen MR) is 117 cm³/mol. The van der Waals surface area contributed by atoms with Crippen molar-refractivity contribution < 1.29 is 58.9 Å². The number of anilines is 1. The standard InChI is InChI=1S/C23H15F8N3O5/c1-9-8-33-12(20(32)35)7-11(9)34-21(36)16-13(4-3-10(17(16)24)22(26,27)28)38-15-6-5-14(39-23(29,30)31)18(25)19(15)37-2/h3-8H,1-2H3,(H2,32,35)(H,33,34,36). The topological polar surface area (TPSA) is 113 Å². The Morgan fingerprint density at radius 1 is 0.949 bits per heavy atom. The Hall–Kier alpha value is -4.63. The van der Waals surface area contributed by atoms with Gasteiger partial charge in [0.05, 0.1) is 12.7 Å². The van der Waals surface area contributed by atoms with Crippen molar-refractivity contribution in [2.45, 2.75) is 19.5 Å². The number of carbonyl (C=O) groups is 2. The number of nitrogens with two attached hydrogens (primary N) is 1. The third-order valence-electron chi connectivity index (χ3n) is 4.92. The summed E-state index contributed by atoms with van der Waals surface area (Å²) in [5.74, 6) is -10.3. The summed E-state index contributed by atoms with van der Waals surface area (Å²) in [6.07, 6.45) is -9.44. The van der Waals surface area contributed by atoms with Crippen molar-refractivity contribution in [3.8, 4) is 23.0 Å². The molecule has 0 aliphatic rings. The molecule has 16 heteroatoms. The molecule has 1 heterocycles. The van der Waals surface area contributed by atoms with Crippen LogP contribution < -0.4 is 25.3 Å². The lowest BCUT2D eigenvalue weighted by atomic mass is 10.1. The molecule has 0 spiro atoms. The molecular weight excluding hydrogens is 550 g/mol. The Kier molecular flexibility index (Phi) is 7.88. The van der Waals surface area contributed by atoms with Crippen molar-refractivity contribution >= 4 is 17.5 Å². The fraction of sp³-hybridized carbons (Fsp3) is 0.174. The molecule has 39 heavy (non-hydrogen) atoms. The van der Waals surface area contributed by atoms with E-state index in [0.717, 1.165) is 19.4 Å². The molecular formula is C23H15F8N3O5. The molecule has 3 rings (SSSR count). The largest absolute Gasteiger partial charge is 0.573 e. The minimum absolute atomic E-state index is 0.177. The number of hydrogen-bond acceptors (Lipinski definition) is 6. The number of alkyl halides is 6. The van der Waals surface area contributed by atoms with E-state index in [0.29, 0.717) is 18.2 Å². The zero-order valence-corrected chi connectivity index (χ0v) is 19.6. The molecule has 0 unspecified atom stereocenters. The van der Waals surface area contributed by atoms with Gasteiger partial charge in [0.15, 0.2) is 17.3 Å². The number of aromatic nitrogens is 1. The fourth-order valence-corrected chi connectivity index (χ4v) is 3.16. The first-order chi connectivity index (χ1) is 18.0. The monoisotopic (exact) mass is 565 g/mol. The van der Waals surface area contributed by atoms with Crippen LogP contribution in [0.5, 0.6) is 23.0 Å². The minimum atomic E-state index is -5.28. The Labute approximate surface area is 213 Å². The number of nitrogens with zero attached hydrogens (tertiary/aromatic N) is 1. The fourth-order valence-electron chi connectivity index (χ4n) is 3.16. The molecule has 0 saturated carbocycles. The average molecular weight is 565 g/mol. The maximum atomic E-state index is 15.1. The zero-order valence-electron chi connectivity index (χ0n) is 19.6. The lowest BCUT2D eigenvalue weighted by Gasteiger charge is -2.18. The van der Waals surface area contributed by atoms with E-state index in [1.54, 1.807) is 0 Å². The van der Waals surface area contributed by atoms with Gasteiger partial charge in [-0.3, -0.25) is 14.6 Å². The summed E-state index contributed by atoms with van der Waals surface area (Å²) in [6.45, 7) is 1.39. The number of ether oxygens (including phenoxy) is 3. The van der Waals surface area contributed by atoms with Crippen LogP contribution in [0.15, 0.2) is 36.5 Å². The highest BCUT2D eigenvalue weighted by atomic mass is 19.4. The van der Waals surface area contributed by atoms with Crippen molar-refractivity contribution in [2.24, 2.45) is 5.73 Å². The summed E-state index contributed by atoms with van der Waals surface area (Å²) in [7, 11) is 0.826. The summed E-state index contributed by atoms with van der Waals surface area (Å²) in [5.41, 5.74) is 1.63. The zero-order chi connectivity index (χ0) is 29.3. The summed E-state index contributed by atoms with van der Waals surface area (Å²) < 4.78 is 121. The van der Waals surface area contributed by atoms with Gasteiger partial charge in [-0.15, -0.1) is 13.2 Å². The molecule has 1 aromatic heterocycles. The molecule has 0 fully saturated rings. The summed E-state index contributed by atoms with van der Waals surface area (Å²) >= 11 is 0. The number of halogens is 8. The first kappa shape index (κ1) is 28.9. The lowest BCUT2D eigenvalue weighted by molar-refractivity contribution is -0.275. The second-order valence-electron chi connectivity index (χ2n) is 7.56. The number of amides is 2. The van der Waals surface area contributed by atoms with Crippen LogP contribution in [-0.2, 0) is 6.18 Å². The van der Waals surface area contributed by atoms with Crippen LogP contribution in [0.2, 0.25) is 0 Å². The molecule has 0 aliphatic carbocycles. The van der Waals surface area contributed by atoms with Gasteiger partial charge in [-0.25, -0.2) is 4.39 Å². The Morgan fingerprint density at radius 2 is 1.56 bits per heavy atom. The van der Waals surface area contributed by atoms with E-state index < -0.39 is 70.1 Å². The van der Waals surface area contributed by atoms with E-state index in [1.165, 1.54) is 6.92 Å². The van der Waals surface area contributed by atoms with Crippen molar-refractivity contribution in [1.82, 2.24) is 4.98 Å². The molecule has 208 valence electrons. The number of nitrogens with one attached hydrogen (secondary N) is 1. The van der Waals surface area contributed by atoms with Crippen molar-refractivity contribution in [2.75, 3.05) is 12.4 Å². The van der Waals surface area contributed by atoms with Crippen LogP contribution in [0.25, 0.3) is 0 Å². The van der Waals surface area contributed by atoms with Gasteiger partial charge in [0, 0.05) is 11.9 Å². The maximum absolute atomic E-state index is 15.1. The van der Waals surface area contributed by atoms with E-state index in [-0.39, 0.29) is 23.0 Å². The quantitative estimate of drug-likeness (QED) is 0.354. The molecule has 0 bridgehead atoms. The van der Waals surface area contributed by atoms with Gasteiger partial charge in [-0.2, -0.15) is 17.6 Å². The molecule has 0 aliphatic heterocycles. The third-order valence-corrected chi connectivity index (χ3v) is 4.92. The Morgan fingerprint density at radius 3 is 2.13 bits per heavy atom. The van der Waals surface area contributed by atoms with Crippen molar-refractivity contribution in [3.05, 3.63) is 70.5 Å². The smallest absolute Gasteiger partial charge is 0.490 e. The number of methoxy groups -OCH3 is 1. The summed E-state index contributed by atoms with van der Waals surface area (Å²) in [4.78, 5) is 28.1. The summed E-state index contributed by atoms with van der Waals surface area (Å²) in [5, 5.41) is 2.12. The third kappa shape index (κ3) is 6.45. The molecule has 3 N–H and O–H groups in total.